The zero-order valence-electron chi connectivity index (χ0n) is 12.4. The minimum atomic E-state index is -0.163. The van der Waals surface area contributed by atoms with Gasteiger partial charge in [-0.25, -0.2) is 0 Å². The smallest absolute Gasteiger partial charge is 0.272 e. The van der Waals surface area contributed by atoms with Crippen molar-refractivity contribution in [3.63, 3.8) is 0 Å². The Morgan fingerprint density at radius 2 is 2.10 bits per heavy atom. The lowest BCUT2D eigenvalue weighted by atomic mass is 10.2. The monoisotopic (exact) mass is 350 g/mol. The zero-order chi connectivity index (χ0) is 15.4. The van der Waals surface area contributed by atoms with Gasteiger partial charge in [0.15, 0.2) is 0 Å². The quantitative estimate of drug-likeness (QED) is 0.882. The van der Waals surface area contributed by atoms with Gasteiger partial charge in [0.25, 0.3) is 5.91 Å². The number of aromatic nitrogens is 1. The van der Waals surface area contributed by atoms with Crippen molar-refractivity contribution in [3.8, 4) is 5.75 Å². The molecule has 0 atom stereocenters. The van der Waals surface area contributed by atoms with E-state index in [1.165, 1.54) is 0 Å². The Hall–Kier alpha value is -1.75. The van der Waals surface area contributed by atoms with Gasteiger partial charge in [0.1, 0.15) is 11.4 Å². The number of amides is 1. The van der Waals surface area contributed by atoms with E-state index in [4.69, 9.17) is 4.74 Å². The maximum atomic E-state index is 12.3. The molecule has 21 heavy (non-hydrogen) atoms. The Kier molecular flexibility index (Phi) is 5.07. The predicted molar refractivity (Wildman–Crippen MR) is 87.8 cm³/mol. The molecule has 0 saturated carbocycles. The molecule has 0 aliphatic rings. The molecular weight excluding hydrogens is 332 g/mol. The molecule has 0 unspecified atom stereocenters. The van der Waals surface area contributed by atoms with Crippen molar-refractivity contribution in [3.05, 3.63) is 46.7 Å². The Balaban J connectivity index is 2.15. The Morgan fingerprint density at radius 1 is 1.38 bits per heavy atom. The van der Waals surface area contributed by atoms with Gasteiger partial charge in [-0.1, -0.05) is 26.0 Å². The molecule has 0 radical (unpaired) electrons. The number of aryl methyl sites for hydroxylation is 1. The van der Waals surface area contributed by atoms with E-state index >= 15 is 0 Å². The fourth-order valence-electron chi connectivity index (χ4n) is 1.89. The van der Waals surface area contributed by atoms with E-state index in [9.17, 15) is 4.79 Å². The van der Waals surface area contributed by atoms with Gasteiger partial charge in [-0.15, -0.1) is 0 Å². The van der Waals surface area contributed by atoms with Crippen LogP contribution in [0, 0.1) is 5.92 Å². The largest absolute Gasteiger partial charge is 0.491 e. The SMILES string of the molecule is CC(C)COc1ccccc1NC(=O)c1cc(Br)cn1C. The molecule has 0 aliphatic heterocycles. The first kappa shape index (κ1) is 15.6. The average molecular weight is 351 g/mol. The molecule has 0 aliphatic carbocycles. The van der Waals surface area contributed by atoms with Gasteiger partial charge in [0, 0.05) is 17.7 Å². The maximum absolute atomic E-state index is 12.3. The van der Waals surface area contributed by atoms with E-state index in [0.29, 0.717) is 29.7 Å². The highest BCUT2D eigenvalue weighted by Crippen LogP contribution is 2.25. The zero-order valence-corrected chi connectivity index (χ0v) is 14.0. The molecule has 2 rings (SSSR count). The van der Waals surface area contributed by atoms with Gasteiger partial charge in [-0.2, -0.15) is 0 Å². The molecule has 1 heterocycles. The Labute approximate surface area is 133 Å². The number of benzene rings is 1. The third-order valence-corrected chi connectivity index (χ3v) is 3.35. The summed E-state index contributed by atoms with van der Waals surface area (Å²) in [5.41, 5.74) is 1.26. The van der Waals surface area contributed by atoms with Gasteiger partial charge < -0.3 is 14.6 Å². The summed E-state index contributed by atoms with van der Waals surface area (Å²) in [5, 5.41) is 2.90. The number of rotatable bonds is 5. The summed E-state index contributed by atoms with van der Waals surface area (Å²) >= 11 is 3.37. The van der Waals surface area contributed by atoms with Crippen molar-refractivity contribution in [2.75, 3.05) is 11.9 Å². The minimum Gasteiger partial charge on any atom is -0.491 e. The Bertz CT molecular complexity index is 635. The highest BCUT2D eigenvalue weighted by molar-refractivity contribution is 9.10. The Morgan fingerprint density at radius 3 is 2.71 bits per heavy atom. The molecule has 5 heteroatoms. The van der Waals surface area contributed by atoms with Crippen molar-refractivity contribution in [1.82, 2.24) is 4.57 Å². The molecule has 0 bridgehead atoms. The number of carbonyl (C=O) groups excluding carboxylic acids is 1. The molecule has 0 saturated heterocycles. The van der Waals surface area contributed by atoms with Gasteiger partial charge >= 0.3 is 0 Å². The van der Waals surface area contributed by atoms with Gasteiger partial charge in [-0.05, 0) is 40.0 Å². The molecule has 1 N–H and O–H groups in total. The first-order valence-corrected chi connectivity index (χ1v) is 7.61. The maximum Gasteiger partial charge on any atom is 0.272 e. The summed E-state index contributed by atoms with van der Waals surface area (Å²) in [6.45, 7) is 4.79. The van der Waals surface area contributed by atoms with E-state index < -0.39 is 0 Å². The molecule has 1 aromatic carbocycles. The number of carbonyl (C=O) groups is 1. The van der Waals surface area contributed by atoms with Crippen LogP contribution in [-0.4, -0.2) is 17.1 Å². The number of hydrogen-bond donors (Lipinski definition) is 1. The van der Waals surface area contributed by atoms with Crippen LogP contribution in [0.15, 0.2) is 41.0 Å². The van der Waals surface area contributed by atoms with Crippen LogP contribution in [-0.2, 0) is 7.05 Å². The highest BCUT2D eigenvalue weighted by Gasteiger charge is 2.13. The number of nitrogens with one attached hydrogen (secondary N) is 1. The lowest BCUT2D eigenvalue weighted by molar-refractivity contribution is 0.101. The normalized spacial score (nSPS) is 10.7. The molecule has 0 fully saturated rings. The van der Waals surface area contributed by atoms with Crippen LogP contribution in [0.25, 0.3) is 0 Å². The third kappa shape index (κ3) is 4.11. The molecular formula is C16H19BrN2O2. The van der Waals surface area contributed by atoms with Crippen LogP contribution < -0.4 is 10.1 Å². The van der Waals surface area contributed by atoms with E-state index in [2.05, 4.69) is 35.1 Å². The van der Waals surface area contributed by atoms with Gasteiger partial charge in [0.2, 0.25) is 0 Å². The van der Waals surface area contributed by atoms with Crippen molar-refractivity contribution >= 4 is 27.5 Å². The molecule has 4 nitrogen and oxygen atoms in total. The van der Waals surface area contributed by atoms with E-state index in [1.807, 2.05) is 37.5 Å². The summed E-state index contributed by atoms with van der Waals surface area (Å²) in [7, 11) is 1.83. The van der Waals surface area contributed by atoms with E-state index in [1.54, 1.807) is 10.6 Å². The van der Waals surface area contributed by atoms with E-state index in [0.717, 1.165) is 4.47 Å². The lowest BCUT2D eigenvalue weighted by Crippen LogP contribution is -2.16. The topological polar surface area (TPSA) is 43.3 Å². The van der Waals surface area contributed by atoms with Gasteiger partial charge in [0.05, 0.1) is 12.3 Å². The summed E-state index contributed by atoms with van der Waals surface area (Å²) < 4.78 is 8.39. The number of anilines is 1. The standard InChI is InChI=1S/C16H19BrN2O2/c1-11(2)10-21-15-7-5-4-6-13(15)18-16(20)14-8-12(17)9-19(14)3/h4-9,11H,10H2,1-3H3,(H,18,20). The second-order valence-electron chi connectivity index (χ2n) is 5.31. The highest BCUT2D eigenvalue weighted by atomic mass is 79.9. The lowest BCUT2D eigenvalue weighted by Gasteiger charge is -2.14. The summed E-state index contributed by atoms with van der Waals surface area (Å²) in [6.07, 6.45) is 1.84. The molecule has 2 aromatic rings. The van der Waals surface area contributed by atoms with Crippen molar-refractivity contribution in [1.29, 1.82) is 0 Å². The first-order chi connectivity index (χ1) is 9.97. The van der Waals surface area contributed by atoms with Crippen LogP contribution in [0.3, 0.4) is 0 Å². The number of para-hydroxylation sites is 2. The molecule has 112 valence electrons. The summed E-state index contributed by atoms with van der Waals surface area (Å²) in [4.78, 5) is 12.3. The number of ether oxygens (including phenoxy) is 1. The molecule has 1 aromatic heterocycles. The van der Waals surface area contributed by atoms with Crippen LogP contribution in [0.1, 0.15) is 24.3 Å². The van der Waals surface area contributed by atoms with Crippen LogP contribution >= 0.6 is 15.9 Å². The average Bonchev–Trinajstić information content (AvgIpc) is 2.76. The van der Waals surface area contributed by atoms with Crippen molar-refractivity contribution in [2.24, 2.45) is 13.0 Å². The van der Waals surface area contributed by atoms with Crippen LogP contribution in [0.2, 0.25) is 0 Å². The van der Waals surface area contributed by atoms with Crippen LogP contribution in [0.4, 0.5) is 5.69 Å². The first-order valence-electron chi connectivity index (χ1n) is 6.82. The van der Waals surface area contributed by atoms with Gasteiger partial charge in [-0.3, -0.25) is 4.79 Å². The predicted octanol–water partition coefficient (Wildman–Crippen LogP) is 4.07. The summed E-state index contributed by atoms with van der Waals surface area (Å²) in [6, 6.07) is 9.25. The van der Waals surface area contributed by atoms with E-state index in [-0.39, 0.29) is 5.91 Å². The fourth-order valence-corrected chi connectivity index (χ4v) is 2.41. The van der Waals surface area contributed by atoms with Crippen molar-refractivity contribution < 1.29 is 9.53 Å². The second-order valence-corrected chi connectivity index (χ2v) is 6.23. The minimum absolute atomic E-state index is 0.163. The second kappa shape index (κ2) is 6.80. The number of nitrogens with zero attached hydrogens (tertiary/aromatic N) is 1. The van der Waals surface area contributed by atoms with Crippen molar-refractivity contribution in [2.45, 2.75) is 13.8 Å². The fraction of sp³-hybridized carbons (Fsp3) is 0.312. The summed E-state index contributed by atoms with van der Waals surface area (Å²) in [5.74, 6) is 0.953. The third-order valence-electron chi connectivity index (χ3n) is 2.91. The molecule has 1 amide bonds. The number of halogens is 1. The van der Waals surface area contributed by atoms with Crippen LogP contribution in [0.5, 0.6) is 5.75 Å². The number of hydrogen-bond acceptors (Lipinski definition) is 2. The molecule has 0 spiro atoms.